The number of methoxy groups -OCH3 is 1. The first-order valence-corrected chi connectivity index (χ1v) is 14.1. The average Bonchev–Trinajstić information content (AvgIpc) is 3.64. The zero-order chi connectivity index (χ0) is 26.5. The summed E-state index contributed by atoms with van der Waals surface area (Å²) in [6.45, 7) is 0.378. The molecule has 1 fully saturated rings. The molecular weight excluding hydrogens is 506 g/mol. The molecule has 0 saturated carbocycles. The molecule has 194 valence electrons. The Morgan fingerprint density at radius 3 is 2.67 bits per heavy atom. The van der Waals surface area contributed by atoms with E-state index in [2.05, 4.69) is 29.3 Å². The smallest absolute Gasteiger partial charge is 0.332 e. The number of carbonyl (C=O) groups is 2. The second-order valence-corrected chi connectivity index (χ2v) is 11.4. The predicted molar refractivity (Wildman–Crippen MR) is 155 cm³/mol. The number of nitrogens with zero attached hydrogens (tertiary/aromatic N) is 3. The molecule has 2 atom stereocenters. The molecule has 1 aromatic heterocycles. The van der Waals surface area contributed by atoms with Crippen molar-refractivity contribution < 1.29 is 14.3 Å². The Morgan fingerprint density at radius 1 is 0.974 bits per heavy atom. The fraction of sp³-hybridized carbons (Fsp3) is 0.219. The van der Waals surface area contributed by atoms with Gasteiger partial charge in [0.25, 0.3) is 5.91 Å². The monoisotopic (exact) mass is 533 g/mol. The third kappa shape index (κ3) is 4.00. The minimum Gasteiger partial charge on any atom is -0.497 e. The average molecular weight is 534 g/mol. The first-order valence-electron chi connectivity index (χ1n) is 13.2. The van der Waals surface area contributed by atoms with E-state index < -0.39 is 5.25 Å². The standard InChI is InChI=1S/C32H27N3O3S/c1-38-23-14-12-20(13-15-23)19-34-27-16-29(26-11-5-8-21-7-4-10-24(21)26)39-30(27)31(36)35(32(34)37)28-18-33-17-22-6-2-3-9-25(22)28/h2-3,5-6,8-9,11-18,27,30H,4,7,10,19H2,1H3. The number of thioether (sulfide) groups is 1. The Hall–Kier alpha value is -4.10. The third-order valence-corrected chi connectivity index (χ3v) is 9.30. The van der Waals surface area contributed by atoms with E-state index in [1.54, 1.807) is 31.3 Å². The Balaban J connectivity index is 1.32. The van der Waals surface area contributed by atoms with E-state index in [0.29, 0.717) is 12.2 Å². The van der Waals surface area contributed by atoms with Crippen molar-refractivity contribution in [1.29, 1.82) is 0 Å². The van der Waals surface area contributed by atoms with Gasteiger partial charge < -0.3 is 9.64 Å². The van der Waals surface area contributed by atoms with E-state index >= 15 is 0 Å². The molecule has 0 spiro atoms. The lowest BCUT2D eigenvalue weighted by Crippen LogP contribution is -2.61. The Bertz CT molecular complexity index is 1640. The van der Waals surface area contributed by atoms with Gasteiger partial charge in [0.1, 0.15) is 11.0 Å². The molecule has 3 aromatic carbocycles. The lowest BCUT2D eigenvalue weighted by atomic mass is 10.00. The van der Waals surface area contributed by atoms with Crippen LogP contribution in [0, 0.1) is 0 Å². The van der Waals surface area contributed by atoms with Gasteiger partial charge in [-0.2, -0.15) is 0 Å². The second-order valence-electron chi connectivity index (χ2n) is 10.2. The summed E-state index contributed by atoms with van der Waals surface area (Å²) >= 11 is 1.58. The predicted octanol–water partition coefficient (Wildman–Crippen LogP) is 6.23. The SMILES string of the molecule is COc1ccc(CN2C(=O)N(c3cncc4ccccc34)C(=O)C3SC(c4cccc5c4CCC5)=CC32)cc1. The summed E-state index contributed by atoms with van der Waals surface area (Å²) in [5, 5.41) is 1.28. The number of amides is 3. The molecule has 3 aliphatic rings. The molecule has 39 heavy (non-hydrogen) atoms. The minimum absolute atomic E-state index is 0.196. The van der Waals surface area contributed by atoms with Gasteiger partial charge in [-0.25, -0.2) is 9.69 Å². The number of aryl methyl sites for hydroxylation is 1. The van der Waals surface area contributed by atoms with Crippen molar-refractivity contribution >= 4 is 45.1 Å². The molecule has 0 N–H and O–H groups in total. The zero-order valence-corrected chi connectivity index (χ0v) is 22.4. The van der Waals surface area contributed by atoms with Crippen LogP contribution in [0.25, 0.3) is 15.7 Å². The number of urea groups is 1. The molecule has 1 saturated heterocycles. The number of hydrogen-bond acceptors (Lipinski definition) is 5. The molecular formula is C32H27N3O3S. The number of fused-ring (bicyclic) bond motifs is 3. The maximum atomic E-state index is 14.2. The van der Waals surface area contributed by atoms with Crippen LogP contribution in [0.3, 0.4) is 0 Å². The molecule has 1 aliphatic carbocycles. The van der Waals surface area contributed by atoms with Gasteiger partial charge in [0.15, 0.2) is 0 Å². The molecule has 3 heterocycles. The minimum atomic E-state index is -0.438. The Labute approximate surface area is 231 Å². The molecule has 0 radical (unpaired) electrons. The zero-order valence-electron chi connectivity index (χ0n) is 21.5. The van der Waals surface area contributed by atoms with Crippen molar-refractivity contribution in [3.8, 4) is 5.75 Å². The number of aromatic nitrogens is 1. The van der Waals surface area contributed by atoms with Gasteiger partial charge in [-0.05, 0) is 59.7 Å². The second kappa shape index (κ2) is 9.58. The highest BCUT2D eigenvalue weighted by Gasteiger charge is 2.50. The van der Waals surface area contributed by atoms with E-state index in [4.69, 9.17) is 4.74 Å². The number of pyridine rings is 1. The number of ether oxygens (including phenoxy) is 1. The van der Waals surface area contributed by atoms with E-state index in [1.807, 2.05) is 53.4 Å². The largest absolute Gasteiger partial charge is 0.497 e. The van der Waals surface area contributed by atoms with Crippen LogP contribution in [0.2, 0.25) is 0 Å². The van der Waals surface area contributed by atoms with Crippen molar-refractivity contribution in [2.24, 2.45) is 0 Å². The molecule has 3 amide bonds. The van der Waals surface area contributed by atoms with Gasteiger partial charge in [-0.3, -0.25) is 9.78 Å². The van der Waals surface area contributed by atoms with Crippen molar-refractivity contribution in [2.45, 2.75) is 37.1 Å². The summed E-state index contributed by atoms with van der Waals surface area (Å²) in [5.41, 5.74) is 5.47. The molecule has 0 bridgehead atoms. The maximum absolute atomic E-state index is 14.2. The quantitative estimate of drug-likeness (QED) is 0.305. The fourth-order valence-electron chi connectivity index (χ4n) is 6.02. The molecule has 2 aliphatic heterocycles. The van der Waals surface area contributed by atoms with Crippen molar-refractivity contribution in [3.05, 3.63) is 107 Å². The van der Waals surface area contributed by atoms with Gasteiger partial charge >= 0.3 is 6.03 Å². The van der Waals surface area contributed by atoms with Crippen molar-refractivity contribution in [3.63, 3.8) is 0 Å². The highest BCUT2D eigenvalue weighted by atomic mass is 32.2. The van der Waals surface area contributed by atoms with E-state index in [9.17, 15) is 9.59 Å². The number of benzene rings is 3. The van der Waals surface area contributed by atoms with Gasteiger partial charge in [-0.15, -0.1) is 11.8 Å². The highest BCUT2D eigenvalue weighted by molar-refractivity contribution is 8.09. The molecule has 7 rings (SSSR count). The van der Waals surface area contributed by atoms with Crippen LogP contribution in [0.5, 0.6) is 5.75 Å². The van der Waals surface area contributed by atoms with E-state index in [-0.39, 0.29) is 18.0 Å². The van der Waals surface area contributed by atoms with Crippen molar-refractivity contribution in [2.75, 3.05) is 12.0 Å². The van der Waals surface area contributed by atoms with Crippen LogP contribution in [-0.2, 0) is 24.2 Å². The lowest BCUT2D eigenvalue weighted by Gasteiger charge is -2.41. The van der Waals surface area contributed by atoms with Crippen molar-refractivity contribution in [1.82, 2.24) is 9.88 Å². The number of hydrogen-bond donors (Lipinski definition) is 0. The number of imide groups is 1. The Kier molecular flexibility index (Phi) is 5.89. The van der Waals surface area contributed by atoms with Gasteiger partial charge in [0.05, 0.1) is 25.0 Å². The lowest BCUT2D eigenvalue weighted by molar-refractivity contribution is -0.119. The van der Waals surface area contributed by atoms with E-state index in [1.165, 1.54) is 21.6 Å². The van der Waals surface area contributed by atoms with Gasteiger partial charge in [0.2, 0.25) is 0 Å². The maximum Gasteiger partial charge on any atom is 0.332 e. The summed E-state index contributed by atoms with van der Waals surface area (Å²) in [4.78, 5) is 37.0. The molecule has 7 heteroatoms. The van der Waals surface area contributed by atoms with Crippen LogP contribution in [0.4, 0.5) is 10.5 Å². The third-order valence-electron chi connectivity index (χ3n) is 7.96. The summed E-state index contributed by atoms with van der Waals surface area (Å²) in [6, 6.07) is 21.3. The number of carbonyl (C=O) groups excluding carboxylic acids is 2. The number of anilines is 1. The number of rotatable bonds is 5. The van der Waals surface area contributed by atoms with Crippen LogP contribution in [0.1, 0.15) is 28.7 Å². The van der Waals surface area contributed by atoms with Gasteiger partial charge in [-0.1, -0.05) is 54.6 Å². The van der Waals surface area contributed by atoms with Crippen LogP contribution in [0.15, 0.2) is 85.2 Å². The normalized spacial score (nSPS) is 20.3. The van der Waals surface area contributed by atoms with Crippen LogP contribution in [-0.4, -0.2) is 40.2 Å². The van der Waals surface area contributed by atoms with Gasteiger partial charge in [0, 0.05) is 28.4 Å². The highest BCUT2D eigenvalue weighted by Crippen LogP contribution is 2.47. The molecule has 4 aromatic rings. The first-order chi connectivity index (χ1) is 19.1. The van der Waals surface area contributed by atoms with Crippen LogP contribution >= 0.6 is 11.8 Å². The van der Waals surface area contributed by atoms with E-state index in [0.717, 1.165) is 46.3 Å². The summed E-state index contributed by atoms with van der Waals surface area (Å²) in [6.07, 6.45) is 8.82. The Morgan fingerprint density at radius 2 is 1.82 bits per heavy atom. The van der Waals surface area contributed by atoms with Crippen LogP contribution < -0.4 is 9.64 Å². The summed E-state index contributed by atoms with van der Waals surface area (Å²) in [5.74, 6) is 0.565. The molecule has 2 unspecified atom stereocenters. The fourth-order valence-corrected chi connectivity index (χ4v) is 7.40. The topological polar surface area (TPSA) is 62.7 Å². The molecule has 6 nitrogen and oxygen atoms in total. The summed E-state index contributed by atoms with van der Waals surface area (Å²) in [7, 11) is 1.64. The summed E-state index contributed by atoms with van der Waals surface area (Å²) < 4.78 is 5.33. The first kappa shape index (κ1) is 24.0.